The van der Waals surface area contributed by atoms with Gasteiger partial charge in [-0.15, -0.1) is 0 Å². The highest BCUT2D eigenvalue weighted by Crippen LogP contribution is 2.33. The molecule has 0 bridgehead atoms. The van der Waals surface area contributed by atoms with Crippen LogP contribution in [0.25, 0.3) is 5.65 Å². The van der Waals surface area contributed by atoms with Crippen LogP contribution in [-0.4, -0.2) is 42.6 Å². The Bertz CT molecular complexity index is 991. The van der Waals surface area contributed by atoms with Gasteiger partial charge in [0, 0.05) is 18.0 Å². The van der Waals surface area contributed by atoms with Crippen LogP contribution in [0.2, 0.25) is 0 Å². The first-order valence-electron chi connectivity index (χ1n) is 8.84. The molecule has 1 aliphatic carbocycles. The van der Waals surface area contributed by atoms with Crippen LogP contribution in [0.3, 0.4) is 0 Å². The third-order valence-corrected chi connectivity index (χ3v) is 5.05. The molecule has 1 N–H and O–H groups in total. The molecule has 3 heterocycles. The third-order valence-electron chi connectivity index (χ3n) is 5.05. The maximum absolute atomic E-state index is 13.0. The Morgan fingerprint density at radius 3 is 2.58 bits per heavy atom. The van der Waals surface area contributed by atoms with Crippen molar-refractivity contribution in [2.24, 2.45) is 5.92 Å². The number of aliphatic carboxylic acids is 1. The van der Waals surface area contributed by atoms with E-state index in [0.717, 1.165) is 12.8 Å². The van der Waals surface area contributed by atoms with E-state index in [1.54, 1.807) is 11.0 Å². The predicted octanol–water partition coefficient (Wildman–Crippen LogP) is 1.24. The Kier molecular flexibility index (Phi) is 3.51. The summed E-state index contributed by atoms with van der Waals surface area (Å²) in [5.74, 6) is -0.830. The molecule has 8 heteroatoms. The number of nitrogens with zero attached hydrogens (tertiary/aromatic N) is 4. The summed E-state index contributed by atoms with van der Waals surface area (Å²) >= 11 is 0. The van der Waals surface area contributed by atoms with E-state index in [0.29, 0.717) is 29.4 Å². The van der Waals surface area contributed by atoms with Gasteiger partial charge in [-0.25, -0.2) is 0 Å². The lowest BCUT2D eigenvalue weighted by Crippen LogP contribution is -2.28. The summed E-state index contributed by atoms with van der Waals surface area (Å²) in [6, 6.07) is 1.71. The first-order valence-corrected chi connectivity index (χ1v) is 8.84. The van der Waals surface area contributed by atoms with E-state index < -0.39 is 5.97 Å². The second kappa shape index (κ2) is 5.43. The molecule has 1 saturated carbocycles. The monoisotopic (exact) mass is 358 g/mol. The van der Waals surface area contributed by atoms with Crippen LogP contribution in [0.1, 0.15) is 55.4 Å². The van der Waals surface area contributed by atoms with Crippen molar-refractivity contribution in [3.05, 3.63) is 33.4 Å². The fourth-order valence-electron chi connectivity index (χ4n) is 3.44. The fraction of sp³-hybridized carbons (Fsp3) is 0.556. The molecule has 2 aromatic rings. The van der Waals surface area contributed by atoms with E-state index in [4.69, 9.17) is 0 Å². The van der Waals surface area contributed by atoms with Gasteiger partial charge in [-0.3, -0.25) is 14.4 Å². The maximum Gasteiger partial charge on any atom is 0.323 e. The van der Waals surface area contributed by atoms with Crippen molar-refractivity contribution in [1.82, 2.24) is 19.1 Å². The molecule has 0 unspecified atom stereocenters. The summed E-state index contributed by atoms with van der Waals surface area (Å²) in [6.45, 7) is 6.37. The number of carbonyl (C=O) groups excluding carboxylic acids is 1. The van der Waals surface area contributed by atoms with Crippen LogP contribution in [0.15, 0.2) is 10.9 Å². The molecule has 26 heavy (non-hydrogen) atoms. The zero-order valence-electron chi connectivity index (χ0n) is 15.2. The van der Waals surface area contributed by atoms with E-state index >= 15 is 0 Å². The number of carboxylic acid groups (broad SMARTS) is 1. The Morgan fingerprint density at radius 1 is 1.31 bits per heavy atom. The number of aromatic nitrogens is 3. The van der Waals surface area contributed by atoms with Gasteiger partial charge >= 0.3 is 5.97 Å². The molecular weight excluding hydrogens is 336 g/mol. The minimum Gasteiger partial charge on any atom is -0.480 e. The Hall–Kier alpha value is -2.64. The Balaban J connectivity index is 1.93. The van der Waals surface area contributed by atoms with Crippen LogP contribution in [0.5, 0.6) is 0 Å². The first-order chi connectivity index (χ1) is 12.2. The van der Waals surface area contributed by atoms with Gasteiger partial charge in [0.05, 0.1) is 17.8 Å². The van der Waals surface area contributed by atoms with Crippen LogP contribution in [0, 0.1) is 5.92 Å². The highest BCUT2D eigenvalue weighted by Gasteiger charge is 2.38. The van der Waals surface area contributed by atoms with Crippen molar-refractivity contribution in [1.29, 1.82) is 0 Å². The summed E-state index contributed by atoms with van der Waals surface area (Å²) in [7, 11) is 0. The van der Waals surface area contributed by atoms with Crippen molar-refractivity contribution < 1.29 is 14.7 Å². The highest BCUT2D eigenvalue weighted by molar-refractivity contribution is 5.97. The van der Waals surface area contributed by atoms with Gasteiger partial charge in [0.1, 0.15) is 17.9 Å². The highest BCUT2D eigenvalue weighted by atomic mass is 16.4. The summed E-state index contributed by atoms with van der Waals surface area (Å²) < 4.78 is 2.67. The van der Waals surface area contributed by atoms with Gasteiger partial charge in [-0.1, -0.05) is 20.8 Å². The van der Waals surface area contributed by atoms with E-state index in [1.807, 2.05) is 20.8 Å². The molecule has 4 rings (SSSR count). The second-order valence-electron chi connectivity index (χ2n) is 8.29. The van der Waals surface area contributed by atoms with Crippen LogP contribution in [-0.2, 0) is 23.3 Å². The Labute approximate surface area is 150 Å². The second-order valence-corrected chi connectivity index (χ2v) is 8.29. The van der Waals surface area contributed by atoms with Crippen molar-refractivity contribution in [2.75, 3.05) is 6.54 Å². The van der Waals surface area contributed by atoms with Gasteiger partial charge in [-0.2, -0.15) is 9.61 Å². The SMILES string of the molecule is CC(C)(C)c1cc2n(CC(=O)O)c3c(c(=O)n2n1)CN(CC1CC1)C3=O. The molecule has 138 valence electrons. The minimum absolute atomic E-state index is 0.200. The largest absolute Gasteiger partial charge is 0.480 e. The average molecular weight is 358 g/mol. The fourth-order valence-corrected chi connectivity index (χ4v) is 3.44. The van der Waals surface area contributed by atoms with Crippen LogP contribution in [0.4, 0.5) is 0 Å². The molecule has 0 saturated heterocycles. The standard InChI is InChI=1S/C18H22N4O4/c1-18(2,3)12-6-13-21(9-14(23)24)15-11(16(25)22(13)19-12)8-20(17(15)26)7-10-4-5-10/h6,10H,4-5,7-9H2,1-3H3,(H,23,24). The summed E-state index contributed by atoms with van der Waals surface area (Å²) in [5, 5.41) is 13.8. The quantitative estimate of drug-likeness (QED) is 0.887. The number of amides is 1. The van der Waals surface area contributed by atoms with Crippen molar-refractivity contribution in [3.8, 4) is 0 Å². The summed E-state index contributed by atoms with van der Waals surface area (Å²) in [5.41, 5.74) is 0.937. The van der Waals surface area contributed by atoms with E-state index in [9.17, 15) is 19.5 Å². The number of fused-ring (bicyclic) bond motifs is 2. The molecule has 8 nitrogen and oxygen atoms in total. The van der Waals surface area contributed by atoms with Crippen LogP contribution < -0.4 is 5.56 Å². The number of hydrogen-bond acceptors (Lipinski definition) is 4. The van der Waals surface area contributed by atoms with Gasteiger partial charge in [0.25, 0.3) is 11.5 Å². The lowest BCUT2D eigenvalue weighted by Gasteiger charge is -2.15. The summed E-state index contributed by atoms with van der Waals surface area (Å²) in [4.78, 5) is 38.9. The van der Waals surface area contributed by atoms with Gasteiger partial charge < -0.3 is 14.6 Å². The van der Waals surface area contributed by atoms with E-state index in [2.05, 4.69) is 5.10 Å². The normalized spacial score (nSPS) is 17.2. The molecular formula is C18H22N4O4. The zero-order chi connectivity index (χ0) is 18.8. The third kappa shape index (κ3) is 2.60. The smallest absolute Gasteiger partial charge is 0.323 e. The Morgan fingerprint density at radius 2 is 2.00 bits per heavy atom. The van der Waals surface area contributed by atoms with Crippen LogP contribution >= 0.6 is 0 Å². The van der Waals surface area contributed by atoms with Crippen molar-refractivity contribution in [2.45, 2.75) is 52.1 Å². The molecule has 0 aromatic carbocycles. The van der Waals surface area contributed by atoms with Gasteiger partial charge in [-0.05, 0) is 18.8 Å². The molecule has 1 amide bonds. The predicted molar refractivity (Wildman–Crippen MR) is 93.3 cm³/mol. The van der Waals surface area contributed by atoms with Crippen molar-refractivity contribution >= 4 is 17.5 Å². The minimum atomic E-state index is -1.07. The van der Waals surface area contributed by atoms with E-state index in [1.165, 1.54) is 9.08 Å². The number of carbonyl (C=O) groups is 2. The number of hydrogen-bond donors (Lipinski definition) is 1. The molecule has 1 aliphatic heterocycles. The maximum atomic E-state index is 13.0. The van der Waals surface area contributed by atoms with Gasteiger partial charge in [0.2, 0.25) is 0 Å². The van der Waals surface area contributed by atoms with E-state index in [-0.39, 0.29) is 35.7 Å². The molecule has 0 radical (unpaired) electrons. The summed E-state index contributed by atoms with van der Waals surface area (Å²) in [6.07, 6.45) is 2.19. The number of carboxylic acids is 1. The number of rotatable bonds is 4. The van der Waals surface area contributed by atoms with Crippen molar-refractivity contribution in [3.63, 3.8) is 0 Å². The molecule has 2 aliphatic rings. The zero-order valence-corrected chi connectivity index (χ0v) is 15.2. The lowest BCUT2D eigenvalue weighted by molar-refractivity contribution is -0.137. The lowest BCUT2D eigenvalue weighted by atomic mass is 9.93. The molecule has 0 spiro atoms. The topological polar surface area (TPSA) is 96.9 Å². The molecule has 2 aromatic heterocycles. The first kappa shape index (κ1) is 16.8. The molecule has 0 atom stereocenters. The van der Waals surface area contributed by atoms with Gasteiger partial charge in [0.15, 0.2) is 0 Å². The molecule has 1 fully saturated rings. The average Bonchev–Trinajstić information content (AvgIpc) is 3.12.